The molecule has 1 N–H and O–H groups in total. The van der Waals surface area contributed by atoms with E-state index in [0.29, 0.717) is 25.5 Å². The molecule has 1 aromatic rings. The molecule has 0 fully saturated rings. The number of rotatable bonds is 8. The van der Waals surface area contributed by atoms with Crippen LogP contribution in [0.2, 0.25) is 0 Å². The van der Waals surface area contributed by atoms with Gasteiger partial charge in [0.1, 0.15) is 12.0 Å². The third kappa shape index (κ3) is 5.13. The van der Waals surface area contributed by atoms with Crippen LogP contribution in [0, 0.1) is 12.3 Å². The van der Waals surface area contributed by atoms with Crippen LogP contribution in [-0.2, 0) is 17.4 Å². The highest BCUT2D eigenvalue weighted by Crippen LogP contribution is 2.37. The number of hydrogen-bond acceptors (Lipinski definition) is 4. The summed E-state index contributed by atoms with van der Waals surface area (Å²) >= 11 is 0. The summed E-state index contributed by atoms with van der Waals surface area (Å²) in [5.74, 6) is 2.48. The van der Waals surface area contributed by atoms with E-state index in [1.807, 2.05) is 0 Å². The Kier molecular flexibility index (Phi) is 5.08. The minimum Gasteiger partial charge on any atom is -0.469 e. The second-order valence-corrected chi connectivity index (χ2v) is 5.29. The summed E-state index contributed by atoms with van der Waals surface area (Å²) in [6, 6.07) is 0.933. The van der Waals surface area contributed by atoms with Gasteiger partial charge in [-0.2, -0.15) is 23.4 Å². The Labute approximate surface area is 131 Å². The van der Waals surface area contributed by atoms with E-state index in [9.17, 15) is 18.0 Å². The average Bonchev–Trinajstić information content (AvgIpc) is 3.09. The van der Waals surface area contributed by atoms with Crippen molar-refractivity contribution in [2.24, 2.45) is 10.2 Å². The van der Waals surface area contributed by atoms with E-state index in [1.165, 1.54) is 0 Å². The smallest absolute Gasteiger partial charge is 0.419 e. The third-order valence-electron chi connectivity index (χ3n) is 3.48. The summed E-state index contributed by atoms with van der Waals surface area (Å²) in [5.41, 5.74) is -1.34. The second kappa shape index (κ2) is 6.86. The van der Waals surface area contributed by atoms with E-state index in [-0.39, 0.29) is 31.1 Å². The van der Waals surface area contributed by atoms with Crippen molar-refractivity contribution < 1.29 is 22.4 Å². The van der Waals surface area contributed by atoms with Crippen LogP contribution in [0.1, 0.15) is 37.0 Å². The standard InChI is InChI=1S/C15H16F3N3O2/c1-2-3-6-14(20-21-14)7-4-13(22)19-8-5-12-9-11(10-23-12)15(16,17)18/h1,9-10H,3-8H2,(H,19,22). The van der Waals surface area contributed by atoms with E-state index in [4.69, 9.17) is 10.8 Å². The third-order valence-corrected chi connectivity index (χ3v) is 3.48. The lowest BCUT2D eigenvalue weighted by atomic mass is 10.0. The minimum absolute atomic E-state index is 0.176. The molecular formula is C15H16F3N3O2. The molecule has 0 saturated heterocycles. The maximum atomic E-state index is 12.4. The van der Waals surface area contributed by atoms with Crippen molar-refractivity contribution >= 4 is 5.91 Å². The number of furan rings is 1. The predicted octanol–water partition coefficient (Wildman–Crippen LogP) is 3.31. The van der Waals surface area contributed by atoms with Crippen LogP contribution >= 0.6 is 0 Å². The van der Waals surface area contributed by atoms with Gasteiger partial charge in [0.25, 0.3) is 0 Å². The van der Waals surface area contributed by atoms with Gasteiger partial charge in [-0.1, -0.05) is 0 Å². The van der Waals surface area contributed by atoms with Crippen LogP contribution in [0.25, 0.3) is 0 Å². The normalized spacial score (nSPS) is 15.2. The van der Waals surface area contributed by atoms with E-state index in [0.717, 1.165) is 6.07 Å². The molecule has 8 heteroatoms. The molecule has 0 saturated carbocycles. The maximum Gasteiger partial charge on any atom is 0.419 e. The van der Waals surface area contributed by atoms with E-state index in [1.54, 1.807) is 0 Å². The van der Waals surface area contributed by atoms with Crippen molar-refractivity contribution in [1.29, 1.82) is 0 Å². The Morgan fingerprint density at radius 1 is 1.39 bits per heavy atom. The minimum atomic E-state index is -4.42. The Bertz CT molecular complexity index is 623. The molecule has 0 spiro atoms. The molecule has 2 rings (SSSR count). The van der Waals surface area contributed by atoms with Crippen LogP contribution in [-0.4, -0.2) is 18.1 Å². The van der Waals surface area contributed by atoms with Crippen LogP contribution in [0.15, 0.2) is 27.0 Å². The van der Waals surface area contributed by atoms with Gasteiger partial charge in [0.15, 0.2) is 5.66 Å². The SMILES string of the molecule is C#CCCC1(CCC(=O)NCCc2cc(C(F)(F)F)co2)N=N1. The molecule has 5 nitrogen and oxygen atoms in total. The van der Waals surface area contributed by atoms with Crippen molar-refractivity contribution in [1.82, 2.24) is 5.32 Å². The lowest BCUT2D eigenvalue weighted by molar-refractivity contribution is -0.138. The van der Waals surface area contributed by atoms with Crippen molar-refractivity contribution in [3.05, 3.63) is 23.7 Å². The molecule has 0 aliphatic carbocycles. The fourth-order valence-corrected chi connectivity index (χ4v) is 2.06. The van der Waals surface area contributed by atoms with Crippen molar-refractivity contribution in [2.75, 3.05) is 6.54 Å². The van der Waals surface area contributed by atoms with Crippen molar-refractivity contribution in [3.63, 3.8) is 0 Å². The van der Waals surface area contributed by atoms with Crippen molar-refractivity contribution in [2.45, 2.75) is 43.9 Å². The first-order valence-electron chi connectivity index (χ1n) is 7.13. The molecule has 124 valence electrons. The molecule has 2 heterocycles. The van der Waals surface area contributed by atoms with Gasteiger partial charge in [-0.05, 0) is 6.07 Å². The molecule has 1 amide bonds. The molecule has 0 radical (unpaired) electrons. The summed E-state index contributed by atoms with van der Waals surface area (Å²) in [6.45, 7) is 0.204. The number of carbonyl (C=O) groups excluding carboxylic acids is 1. The van der Waals surface area contributed by atoms with Gasteiger partial charge in [-0.25, -0.2) is 0 Å². The number of hydrogen-bond donors (Lipinski definition) is 1. The zero-order valence-corrected chi connectivity index (χ0v) is 12.3. The van der Waals surface area contributed by atoms with E-state index >= 15 is 0 Å². The van der Waals surface area contributed by atoms with E-state index < -0.39 is 17.4 Å². The highest BCUT2D eigenvalue weighted by atomic mass is 19.4. The number of nitrogens with zero attached hydrogens (tertiary/aromatic N) is 2. The maximum absolute atomic E-state index is 12.4. The first kappa shape index (κ1) is 17.1. The molecular weight excluding hydrogens is 311 g/mol. The van der Waals surface area contributed by atoms with Crippen LogP contribution in [0.4, 0.5) is 13.2 Å². The van der Waals surface area contributed by atoms with Gasteiger partial charge in [-0.15, -0.1) is 12.3 Å². The van der Waals surface area contributed by atoms with Gasteiger partial charge in [0.2, 0.25) is 5.91 Å². The van der Waals surface area contributed by atoms with Crippen LogP contribution in [0.3, 0.4) is 0 Å². The van der Waals surface area contributed by atoms with Crippen molar-refractivity contribution in [3.8, 4) is 12.3 Å². The second-order valence-electron chi connectivity index (χ2n) is 5.29. The zero-order valence-electron chi connectivity index (χ0n) is 12.3. The zero-order chi connectivity index (χ0) is 16.9. The summed E-state index contributed by atoms with van der Waals surface area (Å²) in [6.07, 6.45) is 3.52. The molecule has 23 heavy (non-hydrogen) atoms. The predicted molar refractivity (Wildman–Crippen MR) is 75.3 cm³/mol. The summed E-state index contributed by atoms with van der Waals surface area (Å²) in [4.78, 5) is 11.7. The summed E-state index contributed by atoms with van der Waals surface area (Å²) in [5, 5.41) is 10.5. The number of halogens is 3. The topological polar surface area (TPSA) is 67.0 Å². The fourth-order valence-electron chi connectivity index (χ4n) is 2.06. The molecule has 0 atom stereocenters. The van der Waals surface area contributed by atoms with Gasteiger partial charge >= 0.3 is 6.18 Å². The lowest BCUT2D eigenvalue weighted by Crippen LogP contribution is -2.27. The highest BCUT2D eigenvalue weighted by Gasteiger charge is 2.39. The Morgan fingerprint density at radius 2 is 2.13 bits per heavy atom. The lowest BCUT2D eigenvalue weighted by Gasteiger charge is -2.08. The number of nitrogens with one attached hydrogen (secondary N) is 1. The Morgan fingerprint density at radius 3 is 2.70 bits per heavy atom. The van der Waals surface area contributed by atoms with E-state index in [2.05, 4.69) is 21.5 Å². The molecule has 0 bridgehead atoms. The fraction of sp³-hybridized carbons (Fsp3) is 0.533. The summed E-state index contributed by atoms with van der Waals surface area (Å²) in [7, 11) is 0. The molecule has 1 aliphatic rings. The number of carbonyl (C=O) groups is 1. The molecule has 1 aromatic heterocycles. The Balaban J connectivity index is 1.65. The average molecular weight is 327 g/mol. The van der Waals surface area contributed by atoms with Gasteiger partial charge in [0.05, 0.1) is 5.56 Å². The Hall–Kier alpha value is -2.30. The quantitative estimate of drug-likeness (QED) is 0.744. The first-order chi connectivity index (χ1) is 10.8. The molecule has 1 aliphatic heterocycles. The van der Waals surface area contributed by atoms with Crippen LogP contribution in [0.5, 0.6) is 0 Å². The number of alkyl halides is 3. The van der Waals surface area contributed by atoms with Crippen LogP contribution < -0.4 is 5.32 Å². The molecule has 0 unspecified atom stereocenters. The van der Waals surface area contributed by atoms with Gasteiger partial charge in [-0.3, -0.25) is 4.79 Å². The highest BCUT2D eigenvalue weighted by molar-refractivity contribution is 5.76. The van der Waals surface area contributed by atoms with Gasteiger partial charge < -0.3 is 9.73 Å². The number of amides is 1. The van der Waals surface area contributed by atoms with Gasteiger partial charge in [0, 0.05) is 38.6 Å². The molecule has 0 aromatic carbocycles. The monoisotopic (exact) mass is 327 g/mol. The largest absolute Gasteiger partial charge is 0.469 e. The summed E-state index contributed by atoms with van der Waals surface area (Å²) < 4.78 is 42.0. The first-order valence-corrected chi connectivity index (χ1v) is 7.13. The number of terminal acetylenes is 1.